The van der Waals surface area contributed by atoms with Crippen LogP contribution in [0.5, 0.6) is 0 Å². The predicted octanol–water partition coefficient (Wildman–Crippen LogP) is 2.21. The van der Waals surface area contributed by atoms with E-state index < -0.39 is 0 Å². The van der Waals surface area contributed by atoms with E-state index >= 15 is 0 Å². The van der Waals surface area contributed by atoms with Crippen LogP contribution in [0, 0.1) is 5.92 Å². The van der Waals surface area contributed by atoms with Crippen molar-refractivity contribution in [2.45, 2.75) is 38.1 Å². The van der Waals surface area contributed by atoms with E-state index in [0.29, 0.717) is 6.54 Å². The summed E-state index contributed by atoms with van der Waals surface area (Å²) in [6.45, 7) is 7.15. The number of likely N-dealkylation sites (tertiary alicyclic amines) is 1. The summed E-state index contributed by atoms with van der Waals surface area (Å²) in [5.74, 6) is 1.69. The summed E-state index contributed by atoms with van der Waals surface area (Å²) in [6, 6.07) is 9.35. The normalized spacial score (nSPS) is 28.6. The van der Waals surface area contributed by atoms with Crippen molar-refractivity contribution in [3.05, 3.63) is 35.4 Å². The highest BCUT2D eigenvalue weighted by atomic mass is 16.2. The number of carbonyl (C=O) groups is 1. The van der Waals surface area contributed by atoms with E-state index in [0.717, 1.165) is 38.0 Å². The SMILES string of the molecule is O=C1CN(C[C@H]2C[C@H](c3ccc(CN4CCCC4)cc3)C2)CCN1. The van der Waals surface area contributed by atoms with Crippen molar-refractivity contribution in [3.8, 4) is 0 Å². The zero-order chi connectivity index (χ0) is 16.4. The molecule has 4 nitrogen and oxygen atoms in total. The van der Waals surface area contributed by atoms with Gasteiger partial charge in [0.05, 0.1) is 6.54 Å². The fourth-order valence-electron chi connectivity index (χ4n) is 4.46. The zero-order valence-electron chi connectivity index (χ0n) is 14.5. The second kappa shape index (κ2) is 7.24. The molecule has 1 saturated carbocycles. The Bertz CT molecular complexity index is 559. The van der Waals surface area contributed by atoms with Gasteiger partial charge in [0.2, 0.25) is 5.91 Å². The molecule has 0 aromatic heterocycles. The molecule has 1 aromatic rings. The van der Waals surface area contributed by atoms with Gasteiger partial charge in [-0.05, 0) is 61.7 Å². The molecule has 1 aromatic carbocycles. The van der Waals surface area contributed by atoms with E-state index in [-0.39, 0.29) is 5.91 Å². The van der Waals surface area contributed by atoms with Crippen LogP contribution in [-0.4, -0.2) is 55.0 Å². The molecule has 1 amide bonds. The molecule has 2 saturated heterocycles. The highest BCUT2D eigenvalue weighted by molar-refractivity contribution is 5.78. The molecule has 0 atom stereocenters. The Morgan fingerprint density at radius 1 is 1.00 bits per heavy atom. The average molecular weight is 327 g/mol. The first kappa shape index (κ1) is 16.1. The number of nitrogens with one attached hydrogen (secondary N) is 1. The van der Waals surface area contributed by atoms with Gasteiger partial charge in [0, 0.05) is 26.2 Å². The number of hydrogen-bond donors (Lipinski definition) is 1. The number of rotatable bonds is 5. The lowest BCUT2D eigenvalue weighted by atomic mass is 9.71. The van der Waals surface area contributed by atoms with E-state index in [2.05, 4.69) is 39.4 Å². The van der Waals surface area contributed by atoms with Gasteiger partial charge in [0.15, 0.2) is 0 Å². The minimum absolute atomic E-state index is 0.186. The highest BCUT2D eigenvalue weighted by Gasteiger charge is 2.32. The van der Waals surface area contributed by atoms with Gasteiger partial charge in [-0.25, -0.2) is 0 Å². The predicted molar refractivity (Wildman–Crippen MR) is 95.9 cm³/mol. The molecule has 24 heavy (non-hydrogen) atoms. The topological polar surface area (TPSA) is 35.6 Å². The fourth-order valence-corrected chi connectivity index (χ4v) is 4.46. The second-order valence-electron chi connectivity index (χ2n) is 7.84. The van der Waals surface area contributed by atoms with Gasteiger partial charge in [-0.1, -0.05) is 24.3 Å². The van der Waals surface area contributed by atoms with Crippen molar-refractivity contribution < 1.29 is 4.79 Å². The Labute approximate surface area is 145 Å². The van der Waals surface area contributed by atoms with Crippen molar-refractivity contribution in [2.24, 2.45) is 5.92 Å². The number of nitrogens with zero attached hydrogens (tertiary/aromatic N) is 2. The van der Waals surface area contributed by atoms with Crippen molar-refractivity contribution in [3.63, 3.8) is 0 Å². The molecule has 2 heterocycles. The standard InChI is InChI=1S/C20H29N3O/c24-20-15-23(10-7-21-20)14-17-11-19(12-17)18-5-3-16(4-6-18)13-22-8-1-2-9-22/h3-6,17,19H,1-2,7-15H2,(H,21,24)/t17-,19-. The first-order chi connectivity index (χ1) is 11.8. The molecule has 4 rings (SSSR count). The van der Waals surface area contributed by atoms with Crippen LogP contribution in [0.3, 0.4) is 0 Å². The maximum Gasteiger partial charge on any atom is 0.234 e. The third-order valence-electron chi connectivity index (χ3n) is 5.93. The molecule has 4 heteroatoms. The molecular weight excluding hydrogens is 298 g/mol. The monoisotopic (exact) mass is 327 g/mol. The van der Waals surface area contributed by atoms with Gasteiger partial charge in [0.25, 0.3) is 0 Å². The van der Waals surface area contributed by atoms with Crippen LogP contribution in [0.15, 0.2) is 24.3 Å². The third-order valence-corrected chi connectivity index (χ3v) is 5.93. The van der Waals surface area contributed by atoms with Crippen LogP contribution in [0.1, 0.15) is 42.7 Å². The van der Waals surface area contributed by atoms with Crippen molar-refractivity contribution in [1.29, 1.82) is 0 Å². The van der Waals surface area contributed by atoms with E-state index in [9.17, 15) is 4.79 Å². The molecule has 3 aliphatic rings. The zero-order valence-corrected chi connectivity index (χ0v) is 14.5. The van der Waals surface area contributed by atoms with E-state index in [1.54, 1.807) is 0 Å². The summed E-state index contributed by atoms with van der Waals surface area (Å²) in [5.41, 5.74) is 2.96. The summed E-state index contributed by atoms with van der Waals surface area (Å²) >= 11 is 0. The van der Waals surface area contributed by atoms with Crippen molar-refractivity contribution in [1.82, 2.24) is 15.1 Å². The first-order valence-electron chi connectivity index (χ1n) is 9.56. The van der Waals surface area contributed by atoms with Crippen LogP contribution in [0.25, 0.3) is 0 Å². The van der Waals surface area contributed by atoms with Crippen LogP contribution in [0.2, 0.25) is 0 Å². The Morgan fingerprint density at radius 2 is 1.75 bits per heavy atom. The highest BCUT2D eigenvalue weighted by Crippen LogP contribution is 2.42. The maximum absolute atomic E-state index is 11.4. The Morgan fingerprint density at radius 3 is 2.46 bits per heavy atom. The Balaban J connectivity index is 1.23. The molecule has 0 bridgehead atoms. The van der Waals surface area contributed by atoms with Gasteiger partial charge in [-0.3, -0.25) is 14.6 Å². The van der Waals surface area contributed by atoms with Crippen LogP contribution in [0.4, 0.5) is 0 Å². The van der Waals surface area contributed by atoms with Crippen LogP contribution < -0.4 is 5.32 Å². The van der Waals surface area contributed by atoms with Gasteiger partial charge < -0.3 is 5.32 Å². The van der Waals surface area contributed by atoms with Crippen LogP contribution >= 0.6 is 0 Å². The number of benzene rings is 1. The second-order valence-corrected chi connectivity index (χ2v) is 7.84. The molecule has 2 aliphatic heterocycles. The van der Waals surface area contributed by atoms with Gasteiger partial charge in [-0.15, -0.1) is 0 Å². The lowest BCUT2D eigenvalue weighted by Gasteiger charge is -2.39. The molecule has 130 valence electrons. The number of piperazine rings is 1. The minimum atomic E-state index is 0.186. The lowest BCUT2D eigenvalue weighted by Crippen LogP contribution is -2.50. The largest absolute Gasteiger partial charge is 0.354 e. The number of carbonyl (C=O) groups excluding carboxylic acids is 1. The maximum atomic E-state index is 11.4. The first-order valence-corrected chi connectivity index (χ1v) is 9.56. The molecule has 1 aliphatic carbocycles. The summed E-state index contributed by atoms with van der Waals surface area (Å²) in [5, 5.41) is 2.90. The molecule has 0 spiro atoms. The van der Waals surface area contributed by atoms with Gasteiger partial charge in [-0.2, -0.15) is 0 Å². The van der Waals surface area contributed by atoms with Gasteiger partial charge in [0.1, 0.15) is 0 Å². The third kappa shape index (κ3) is 3.81. The van der Waals surface area contributed by atoms with Crippen molar-refractivity contribution in [2.75, 3.05) is 39.3 Å². The summed E-state index contributed by atoms with van der Waals surface area (Å²) in [4.78, 5) is 16.3. The molecule has 1 N–H and O–H groups in total. The summed E-state index contributed by atoms with van der Waals surface area (Å²) in [7, 11) is 0. The average Bonchev–Trinajstić information content (AvgIpc) is 3.05. The van der Waals surface area contributed by atoms with E-state index in [1.807, 2.05) is 0 Å². The van der Waals surface area contributed by atoms with Crippen LogP contribution in [-0.2, 0) is 11.3 Å². The quantitative estimate of drug-likeness (QED) is 0.901. The van der Waals surface area contributed by atoms with E-state index in [1.165, 1.54) is 49.9 Å². The van der Waals surface area contributed by atoms with Crippen molar-refractivity contribution >= 4 is 5.91 Å². The smallest absolute Gasteiger partial charge is 0.234 e. The molecule has 0 radical (unpaired) electrons. The minimum Gasteiger partial charge on any atom is -0.354 e. The Hall–Kier alpha value is -1.39. The fraction of sp³-hybridized carbons (Fsp3) is 0.650. The molecule has 3 fully saturated rings. The van der Waals surface area contributed by atoms with E-state index in [4.69, 9.17) is 0 Å². The molecule has 0 unspecified atom stereocenters. The Kier molecular flexibility index (Phi) is 4.86. The number of hydrogen-bond acceptors (Lipinski definition) is 3. The number of amides is 1. The lowest BCUT2D eigenvalue weighted by molar-refractivity contribution is -0.124. The summed E-state index contributed by atoms with van der Waals surface area (Å²) < 4.78 is 0. The van der Waals surface area contributed by atoms with Gasteiger partial charge >= 0.3 is 0 Å². The molecular formula is C20H29N3O. The summed E-state index contributed by atoms with van der Waals surface area (Å²) in [6.07, 6.45) is 5.29.